The van der Waals surface area contributed by atoms with E-state index in [1.807, 2.05) is 37.3 Å². The van der Waals surface area contributed by atoms with Gasteiger partial charge in [-0.3, -0.25) is 4.79 Å². The Kier molecular flexibility index (Phi) is 8.16. The standard InChI is InChI=1S/C28H35N3O5S/c1-4-36-25-17-12-21-18-23(15-16-24(21)29-25)37(34,35)31-22-13-10-20(11-14-22)27(32)30-26(28(2,3)33)19-8-6-5-7-9-19/h5-9,12,15-18,20,22,26,31,33H,4,10-11,13-14H2,1-3H3,(H,30,32)/t20?,22?,26-/m0/s1. The van der Waals surface area contributed by atoms with Crippen molar-refractivity contribution < 1.29 is 23.1 Å². The molecule has 9 heteroatoms. The normalized spacial score (nSPS) is 19.4. The number of aliphatic hydroxyl groups is 1. The lowest BCUT2D eigenvalue weighted by Crippen LogP contribution is -2.46. The van der Waals surface area contributed by atoms with Crippen LogP contribution in [0.25, 0.3) is 10.9 Å². The maximum Gasteiger partial charge on any atom is 0.240 e. The number of benzene rings is 2. The molecule has 1 atom stereocenters. The molecule has 0 unspecified atom stereocenters. The topological polar surface area (TPSA) is 118 Å². The van der Waals surface area contributed by atoms with Crippen molar-refractivity contribution in [3.63, 3.8) is 0 Å². The summed E-state index contributed by atoms with van der Waals surface area (Å²) in [6.45, 7) is 5.74. The molecule has 0 saturated heterocycles. The molecular formula is C28H35N3O5S. The smallest absolute Gasteiger partial charge is 0.240 e. The Morgan fingerprint density at radius 2 is 1.78 bits per heavy atom. The SMILES string of the molecule is CCOc1ccc2cc(S(=O)(=O)NC3CCC(C(=O)N[C@@H](c4ccccc4)C(C)(C)O)CC3)ccc2n1. The third-order valence-corrected chi connectivity index (χ3v) is 8.30. The lowest BCUT2D eigenvalue weighted by Gasteiger charge is -2.34. The van der Waals surface area contributed by atoms with E-state index >= 15 is 0 Å². The molecule has 0 radical (unpaired) electrons. The molecule has 0 spiro atoms. The van der Waals surface area contributed by atoms with Crippen LogP contribution in [0.15, 0.2) is 65.6 Å². The fourth-order valence-corrected chi connectivity index (χ4v) is 6.15. The highest BCUT2D eigenvalue weighted by molar-refractivity contribution is 7.89. The number of ether oxygens (including phenoxy) is 1. The summed E-state index contributed by atoms with van der Waals surface area (Å²) < 4.78 is 34.4. The molecule has 37 heavy (non-hydrogen) atoms. The van der Waals surface area contributed by atoms with Gasteiger partial charge in [0.2, 0.25) is 21.8 Å². The third-order valence-electron chi connectivity index (χ3n) is 6.78. The van der Waals surface area contributed by atoms with Gasteiger partial charge in [-0.25, -0.2) is 18.1 Å². The zero-order valence-corrected chi connectivity index (χ0v) is 22.3. The number of hydrogen-bond donors (Lipinski definition) is 3. The summed E-state index contributed by atoms with van der Waals surface area (Å²) in [6.07, 6.45) is 2.24. The number of sulfonamides is 1. The van der Waals surface area contributed by atoms with Crippen molar-refractivity contribution in [2.24, 2.45) is 5.92 Å². The van der Waals surface area contributed by atoms with Crippen LogP contribution in [-0.4, -0.2) is 42.7 Å². The maximum absolute atomic E-state index is 13.1. The van der Waals surface area contributed by atoms with E-state index in [1.165, 1.54) is 0 Å². The van der Waals surface area contributed by atoms with Crippen molar-refractivity contribution in [2.45, 2.75) is 69.0 Å². The van der Waals surface area contributed by atoms with Crippen LogP contribution in [0.5, 0.6) is 5.88 Å². The quantitative estimate of drug-likeness (QED) is 0.387. The van der Waals surface area contributed by atoms with Gasteiger partial charge in [0.15, 0.2) is 0 Å². The van der Waals surface area contributed by atoms with E-state index in [-0.39, 0.29) is 22.8 Å². The first kappa shape index (κ1) is 27.0. The lowest BCUT2D eigenvalue weighted by molar-refractivity contribution is -0.128. The van der Waals surface area contributed by atoms with Crippen molar-refractivity contribution in [1.29, 1.82) is 0 Å². The van der Waals surface area contributed by atoms with E-state index in [9.17, 15) is 18.3 Å². The van der Waals surface area contributed by atoms with Crippen molar-refractivity contribution in [2.75, 3.05) is 6.61 Å². The molecular weight excluding hydrogens is 490 g/mol. The summed E-state index contributed by atoms with van der Waals surface area (Å²) in [7, 11) is -3.73. The van der Waals surface area contributed by atoms with E-state index in [0.29, 0.717) is 49.1 Å². The van der Waals surface area contributed by atoms with Crippen LogP contribution in [-0.2, 0) is 14.8 Å². The average molecular weight is 526 g/mol. The number of amides is 1. The van der Waals surface area contributed by atoms with Crippen LogP contribution in [0.1, 0.15) is 58.1 Å². The van der Waals surface area contributed by atoms with Gasteiger partial charge < -0.3 is 15.2 Å². The van der Waals surface area contributed by atoms with Crippen molar-refractivity contribution in [1.82, 2.24) is 15.0 Å². The highest BCUT2D eigenvalue weighted by Gasteiger charge is 2.34. The minimum Gasteiger partial charge on any atom is -0.478 e. The van der Waals surface area contributed by atoms with E-state index < -0.39 is 21.7 Å². The number of rotatable bonds is 9. The molecule has 1 aliphatic rings. The molecule has 1 aromatic heterocycles. The van der Waals surface area contributed by atoms with Crippen molar-refractivity contribution in [3.8, 4) is 5.88 Å². The Hall–Kier alpha value is -3.01. The van der Waals surface area contributed by atoms with Crippen LogP contribution in [0.3, 0.4) is 0 Å². The molecule has 1 amide bonds. The van der Waals surface area contributed by atoms with Gasteiger partial charge in [0, 0.05) is 23.4 Å². The zero-order valence-electron chi connectivity index (χ0n) is 21.5. The van der Waals surface area contributed by atoms with Gasteiger partial charge in [-0.2, -0.15) is 0 Å². The van der Waals surface area contributed by atoms with Gasteiger partial charge in [0.05, 0.1) is 28.7 Å². The van der Waals surface area contributed by atoms with Gasteiger partial charge >= 0.3 is 0 Å². The molecule has 1 fully saturated rings. The lowest BCUT2D eigenvalue weighted by atomic mass is 9.84. The number of aromatic nitrogens is 1. The van der Waals surface area contributed by atoms with E-state index in [4.69, 9.17) is 4.74 Å². The van der Waals surface area contributed by atoms with Crippen LogP contribution >= 0.6 is 0 Å². The Morgan fingerprint density at radius 3 is 2.43 bits per heavy atom. The Balaban J connectivity index is 1.37. The van der Waals surface area contributed by atoms with Crippen LogP contribution < -0.4 is 14.8 Å². The monoisotopic (exact) mass is 525 g/mol. The van der Waals surface area contributed by atoms with Crippen LogP contribution in [0, 0.1) is 5.92 Å². The van der Waals surface area contributed by atoms with Gasteiger partial charge in [0.1, 0.15) is 0 Å². The first-order valence-electron chi connectivity index (χ1n) is 12.7. The molecule has 0 aliphatic heterocycles. The molecule has 1 aliphatic carbocycles. The summed E-state index contributed by atoms with van der Waals surface area (Å²) in [5.41, 5.74) is 0.366. The molecule has 8 nitrogen and oxygen atoms in total. The largest absolute Gasteiger partial charge is 0.478 e. The summed E-state index contributed by atoms with van der Waals surface area (Å²) in [4.78, 5) is 17.6. The molecule has 3 N–H and O–H groups in total. The van der Waals surface area contributed by atoms with Gasteiger partial charge in [-0.1, -0.05) is 30.3 Å². The minimum absolute atomic E-state index is 0.120. The summed E-state index contributed by atoms with van der Waals surface area (Å²) in [5.74, 6) is 0.147. The maximum atomic E-state index is 13.1. The number of fused-ring (bicyclic) bond motifs is 1. The van der Waals surface area contributed by atoms with Gasteiger partial charge in [-0.15, -0.1) is 0 Å². The first-order chi connectivity index (χ1) is 17.6. The second kappa shape index (κ2) is 11.2. The second-order valence-electron chi connectivity index (χ2n) is 10.1. The second-order valence-corrected chi connectivity index (χ2v) is 11.8. The summed E-state index contributed by atoms with van der Waals surface area (Å²) in [6, 6.07) is 17.0. The fraction of sp³-hybridized carbons (Fsp3) is 0.429. The number of nitrogens with one attached hydrogen (secondary N) is 2. The number of pyridine rings is 1. The van der Waals surface area contributed by atoms with Crippen LogP contribution in [0.2, 0.25) is 0 Å². The average Bonchev–Trinajstić information content (AvgIpc) is 2.87. The van der Waals surface area contributed by atoms with Crippen molar-refractivity contribution >= 4 is 26.8 Å². The molecule has 2 aromatic carbocycles. The number of carbonyl (C=O) groups excluding carboxylic acids is 1. The van der Waals surface area contributed by atoms with E-state index in [1.54, 1.807) is 44.2 Å². The molecule has 1 heterocycles. The Labute approximate surface area is 218 Å². The highest BCUT2D eigenvalue weighted by Crippen LogP contribution is 2.30. The molecule has 0 bridgehead atoms. The zero-order chi connectivity index (χ0) is 26.6. The number of nitrogens with zero attached hydrogens (tertiary/aromatic N) is 1. The predicted octanol–water partition coefficient (Wildman–Crippen LogP) is 4.10. The third kappa shape index (κ3) is 6.66. The number of carbonyl (C=O) groups is 1. The molecule has 1 saturated carbocycles. The minimum atomic E-state index is -3.73. The Morgan fingerprint density at radius 1 is 1.08 bits per heavy atom. The van der Waals surface area contributed by atoms with Gasteiger partial charge in [-0.05, 0) is 76.3 Å². The number of hydrogen-bond acceptors (Lipinski definition) is 6. The fourth-order valence-electron chi connectivity index (χ4n) is 4.81. The van der Waals surface area contributed by atoms with Gasteiger partial charge in [0.25, 0.3) is 0 Å². The first-order valence-corrected chi connectivity index (χ1v) is 14.2. The summed E-state index contributed by atoms with van der Waals surface area (Å²) in [5, 5.41) is 14.4. The molecule has 3 aromatic rings. The van der Waals surface area contributed by atoms with Crippen LogP contribution in [0.4, 0.5) is 0 Å². The predicted molar refractivity (Wildman–Crippen MR) is 143 cm³/mol. The Bertz CT molecular complexity index is 1330. The van der Waals surface area contributed by atoms with E-state index in [0.717, 1.165) is 5.56 Å². The van der Waals surface area contributed by atoms with Crippen molar-refractivity contribution in [3.05, 3.63) is 66.2 Å². The highest BCUT2D eigenvalue weighted by atomic mass is 32.2. The molecule has 198 valence electrons. The summed E-state index contributed by atoms with van der Waals surface area (Å²) >= 11 is 0. The molecule has 4 rings (SSSR count). The van der Waals surface area contributed by atoms with E-state index in [2.05, 4.69) is 15.0 Å².